The third-order valence-corrected chi connectivity index (χ3v) is 4.37. The SMILES string of the molecule is NCCOc1ccc(S(=O)(=O)Nc2ccsc2)cc1. The number of hydrogen-bond donors (Lipinski definition) is 2. The van der Waals surface area contributed by atoms with Gasteiger partial charge < -0.3 is 10.5 Å². The number of nitrogens with two attached hydrogens (primary N) is 1. The summed E-state index contributed by atoms with van der Waals surface area (Å²) in [7, 11) is -3.54. The van der Waals surface area contributed by atoms with Crippen LogP contribution in [0.3, 0.4) is 0 Å². The van der Waals surface area contributed by atoms with E-state index in [-0.39, 0.29) is 4.90 Å². The van der Waals surface area contributed by atoms with Crippen molar-refractivity contribution in [2.24, 2.45) is 5.73 Å². The Morgan fingerprint density at radius 3 is 2.53 bits per heavy atom. The number of rotatable bonds is 6. The zero-order valence-electron chi connectivity index (χ0n) is 10.1. The Morgan fingerprint density at radius 2 is 1.95 bits per heavy atom. The molecular weight excluding hydrogens is 284 g/mol. The summed E-state index contributed by atoms with van der Waals surface area (Å²) < 4.78 is 31.9. The quantitative estimate of drug-likeness (QED) is 0.853. The third kappa shape index (κ3) is 3.69. The van der Waals surface area contributed by atoms with Crippen LogP contribution < -0.4 is 15.2 Å². The summed E-state index contributed by atoms with van der Waals surface area (Å²) in [5, 5.41) is 3.54. The molecule has 0 atom stereocenters. The van der Waals surface area contributed by atoms with Gasteiger partial charge in [-0.25, -0.2) is 8.42 Å². The highest BCUT2D eigenvalue weighted by molar-refractivity contribution is 7.92. The molecule has 0 aliphatic rings. The Labute approximate surface area is 116 Å². The predicted molar refractivity (Wildman–Crippen MR) is 76.1 cm³/mol. The number of sulfonamides is 1. The molecule has 3 N–H and O–H groups in total. The van der Waals surface area contributed by atoms with Crippen molar-refractivity contribution in [3.8, 4) is 5.75 Å². The fourth-order valence-electron chi connectivity index (χ4n) is 1.43. The Kier molecular flexibility index (Phi) is 4.41. The van der Waals surface area contributed by atoms with E-state index in [0.29, 0.717) is 24.6 Å². The van der Waals surface area contributed by atoms with E-state index in [9.17, 15) is 8.42 Å². The maximum atomic E-state index is 12.1. The Morgan fingerprint density at radius 1 is 1.21 bits per heavy atom. The van der Waals surface area contributed by atoms with Gasteiger partial charge >= 0.3 is 0 Å². The van der Waals surface area contributed by atoms with Crippen molar-refractivity contribution in [3.63, 3.8) is 0 Å². The molecule has 1 aromatic carbocycles. The maximum absolute atomic E-state index is 12.1. The highest BCUT2D eigenvalue weighted by Crippen LogP contribution is 2.20. The van der Waals surface area contributed by atoms with Crippen LogP contribution in [0, 0.1) is 0 Å². The molecule has 0 unspecified atom stereocenters. The largest absolute Gasteiger partial charge is 0.492 e. The molecule has 5 nitrogen and oxygen atoms in total. The summed E-state index contributed by atoms with van der Waals surface area (Å²) in [5.41, 5.74) is 5.88. The monoisotopic (exact) mass is 298 g/mol. The van der Waals surface area contributed by atoms with Crippen molar-refractivity contribution in [1.82, 2.24) is 0 Å². The van der Waals surface area contributed by atoms with Gasteiger partial charge in [-0.2, -0.15) is 11.3 Å². The molecule has 0 bridgehead atoms. The number of thiophene rings is 1. The van der Waals surface area contributed by atoms with Crippen LogP contribution in [0.1, 0.15) is 0 Å². The fourth-order valence-corrected chi connectivity index (χ4v) is 3.14. The number of nitrogens with one attached hydrogen (secondary N) is 1. The van der Waals surface area contributed by atoms with Gasteiger partial charge in [-0.15, -0.1) is 0 Å². The van der Waals surface area contributed by atoms with E-state index >= 15 is 0 Å². The number of ether oxygens (including phenoxy) is 1. The van der Waals surface area contributed by atoms with E-state index in [0.717, 1.165) is 0 Å². The van der Waals surface area contributed by atoms with Crippen molar-refractivity contribution in [2.45, 2.75) is 4.90 Å². The smallest absolute Gasteiger partial charge is 0.261 e. The van der Waals surface area contributed by atoms with Gasteiger partial charge in [0.1, 0.15) is 12.4 Å². The van der Waals surface area contributed by atoms with Gasteiger partial charge in [-0.3, -0.25) is 4.72 Å². The Balaban J connectivity index is 2.12. The molecule has 2 rings (SSSR count). The fraction of sp³-hybridized carbons (Fsp3) is 0.167. The first-order valence-electron chi connectivity index (χ1n) is 5.60. The minimum absolute atomic E-state index is 0.193. The average molecular weight is 298 g/mol. The van der Waals surface area contributed by atoms with Gasteiger partial charge in [0.25, 0.3) is 10.0 Å². The molecule has 0 spiro atoms. The highest BCUT2D eigenvalue weighted by Gasteiger charge is 2.14. The summed E-state index contributed by atoms with van der Waals surface area (Å²) in [4.78, 5) is 0.193. The first-order valence-corrected chi connectivity index (χ1v) is 8.02. The highest BCUT2D eigenvalue weighted by atomic mass is 32.2. The summed E-state index contributed by atoms with van der Waals surface area (Å²) in [5.74, 6) is 0.597. The molecule has 0 aliphatic heterocycles. The van der Waals surface area contributed by atoms with Gasteiger partial charge in [0.05, 0.1) is 10.6 Å². The first-order chi connectivity index (χ1) is 9.12. The molecule has 102 valence electrons. The van der Waals surface area contributed by atoms with E-state index in [1.54, 1.807) is 23.6 Å². The minimum atomic E-state index is -3.54. The number of anilines is 1. The van der Waals surface area contributed by atoms with Gasteiger partial charge in [0, 0.05) is 11.9 Å². The van der Waals surface area contributed by atoms with Crippen LogP contribution in [0.5, 0.6) is 5.75 Å². The summed E-state index contributed by atoms with van der Waals surface area (Å²) in [6, 6.07) is 7.93. The summed E-state index contributed by atoms with van der Waals surface area (Å²) in [6.45, 7) is 0.818. The maximum Gasteiger partial charge on any atom is 0.261 e. The van der Waals surface area contributed by atoms with E-state index in [4.69, 9.17) is 10.5 Å². The molecule has 0 saturated carbocycles. The van der Waals surface area contributed by atoms with Crippen molar-refractivity contribution in [2.75, 3.05) is 17.9 Å². The molecule has 1 heterocycles. The number of hydrogen-bond acceptors (Lipinski definition) is 5. The topological polar surface area (TPSA) is 81.4 Å². The van der Waals surface area contributed by atoms with Gasteiger partial charge in [-0.05, 0) is 35.7 Å². The lowest BCUT2D eigenvalue weighted by atomic mass is 10.3. The van der Waals surface area contributed by atoms with Crippen LogP contribution in [0.25, 0.3) is 0 Å². The number of benzene rings is 1. The molecule has 0 radical (unpaired) electrons. The second kappa shape index (κ2) is 6.05. The molecule has 2 aromatic rings. The molecule has 1 aromatic heterocycles. The molecule has 7 heteroatoms. The summed E-state index contributed by atoms with van der Waals surface area (Å²) >= 11 is 1.43. The van der Waals surface area contributed by atoms with E-state index in [1.807, 2.05) is 5.38 Å². The standard InChI is InChI=1S/C12H14N2O3S2/c13-6-7-17-11-1-3-12(4-2-11)19(15,16)14-10-5-8-18-9-10/h1-5,8-9,14H,6-7,13H2. The lowest BCUT2D eigenvalue weighted by molar-refractivity contribution is 0.328. The third-order valence-electron chi connectivity index (χ3n) is 2.29. The summed E-state index contributed by atoms with van der Waals surface area (Å²) in [6.07, 6.45) is 0. The second-order valence-corrected chi connectivity index (χ2v) is 6.19. The predicted octanol–water partition coefficient (Wildman–Crippen LogP) is 1.89. The molecule has 0 aliphatic carbocycles. The van der Waals surface area contributed by atoms with Crippen LogP contribution >= 0.6 is 11.3 Å². The van der Waals surface area contributed by atoms with Crippen LogP contribution in [0.4, 0.5) is 5.69 Å². The normalized spacial score (nSPS) is 11.2. The average Bonchev–Trinajstić information content (AvgIpc) is 2.89. The van der Waals surface area contributed by atoms with Gasteiger partial charge in [-0.1, -0.05) is 0 Å². The molecule has 19 heavy (non-hydrogen) atoms. The minimum Gasteiger partial charge on any atom is -0.492 e. The van der Waals surface area contributed by atoms with Crippen LogP contribution in [0.2, 0.25) is 0 Å². The van der Waals surface area contributed by atoms with Crippen LogP contribution in [-0.2, 0) is 10.0 Å². The van der Waals surface area contributed by atoms with Crippen LogP contribution in [-0.4, -0.2) is 21.6 Å². The van der Waals surface area contributed by atoms with E-state index < -0.39 is 10.0 Å². The van der Waals surface area contributed by atoms with Crippen molar-refractivity contribution in [1.29, 1.82) is 0 Å². The Bertz CT molecular complexity index is 607. The van der Waals surface area contributed by atoms with Crippen molar-refractivity contribution < 1.29 is 13.2 Å². The van der Waals surface area contributed by atoms with Crippen LogP contribution in [0.15, 0.2) is 46.0 Å². The lowest BCUT2D eigenvalue weighted by Gasteiger charge is -2.08. The van der Waals surface area contributed by atoms with Gasteiger partial charge in [0.2, 0.25) is 0 Å². The molecule has 0 amide bonds. The van der Waals surface area contributed by atoms with Crippen molar-refractivity contribution in [3.05, 3.63) is 41.1 Å². The zero-order valence-corrected chi connectivity index (χ0v) is 11.7. The lowest BCUT2D eigenvalue weighted by Crippen LogP contribution is -2.13. The molecule has 0 fully saturated rings. The molecule has 0 saturated heterocycles. The molecular formula is C12H14N2O3S2. The van der Waals surface area contributed by atoms with Crippen molar-refractivity contribution >= 4 is 27.0 Å². The second-order valence-electron chi connectivity index (χ2n) is 3.73. The first kappa shape index (κ1) is 13.9. The van der Waals surface area contributed by atoms with Gasteiger partial charge in [0.15, 0.2) is 0 Å². The van der Waals surface area contributed by atoms with E-state index in [1.165, 1.54) is 23.5 Å². The zero-order chi connectivity index (χ0) is 13.7. The van der Waals surface area contributed by atoms with E-state index in [2.05, 4.69) is 4.72 Å². The Hall–Kier alpha value is -1.57.